The van der Waals surface area contributed by atoms with E-state index in [4.69, 9.17) is 0 Å². The molecule has 4 rings (SSSR count). The molecular weight excluding hydrogens is 407 g/mol. The molecule has 0 bridgehead atoms. The second-order valence-electron chi connectivity index (χ2n) is 7.32. The lowest BCUT2D eigenvalue weighted by atomic mass is 10.0. The van der Waals surface area contributed by atoms with E-state index in [1.54, 1.807) is 18.5 Å². The van der Waals surface area contributed by atoms with E-state index >= 15 is 0 Å². The van der Waals surface area contributed by atoms with Crippen LogP contribution in [0.5, 0.6) is 0 Å². The third kappa shape index (κ3) is 5.07. The molecular formula is C21H22F3N7. The molecule has 1 aliphatic rings. The summed E-state index contributed by atoms with van der Waals surface area (Å²) in [6.07, 6.45) is 2.34. The third-order valence-corrected chi connectivity index (χ3v) is 5.20. The molecule has 1 N–H and O–H groups in total. The predicted molar refractivity (Wildman–Crippen MR) is 111 cm³/mol. The fourth-order valence-corrected chi connectivity index (χ4v) is 3.51. The van der Waals surface area contributed by atoms with Crippen molar-refractivity contribution in [3.8, 4) is 11.4 Å². The minimum atomic E-state index is -4.56. The maximum Gasteiger partial charge on any atom is 0.433 e. The van der Waals surface area contributed by atoms with Crippen LogP contribution in [-0.2, 0) is 12.6 Å². The van der Waals surface area contributed by atoms with Crippen molar-refractivity contribution in [3.05, 3.63) is 54.4 Å². The monoisotopic (exact) mass is 429 g/mol. The summed E-state index contributed by atoms with van der Waals surface area (Å²) >= 11 is 0. The fraction of sp³-hybridized carbons (Fsp3) is 0.381. The first-order chi connectivity index (χ1) is 14.9. The largest absolute Gasteiger partial charge is 0.433 e. The molecule has 0 aliphatic carbocycles. The predicted octanol–water partition coefficient (Wildman–Crippen LogP) is 3.99. The zero-order chi connectivity index (χ0) is 21.8. The smallest absolute Gasteiger partial charge is 0.367 e. The van der Waals surface area contributed by atoms with Crippen LogP contribution >= 0.6 is 0 Å². The lowest BCUT2D eigenvalue weighted by molar-refractivity contribution is -0.141. The Morgan fingerprint density at radius 1 is 1.06 bits per heavy atom. The van der Waals surface area contributed by atoms with Crippen molar-refractivity contribution < 1.29 is 13.2 Å². The van der Waals surface area contributed by atoms with Crippen LogP contribution < -0.4 is 10.2 Å². The number of rotatable bonds is 5. The number of pyridine rings is 1. The minimum Gasteiger partial charge on any atom is -0.367 e. The van der Waals surface area contributed by atoms with Gasteiger partial charge in [-0.3, -0.25) is 4.98 Å². The number of alkyl halides is 3. The van der Waals surface area contributed by atoms with Crippen molar-refractivity contribution in [1.82, 2.24) is 24.9 Å². The molecule has 4 heterocycles. The Morgan fingerprint density at radius 2 is 1.81 bits per heavy atom. The van der Waals surface area contributed by atoms with Crippen molar-refractivity contribution in [2.45, 2.75) is 38.4 Å². The van der Waals surface area contributed by atoms with E-state index in [0.717, 1.165) is 49.9 Å². The molecule has 1 saturated heterocycles. The Hall–Kier alpha value is -3.30. The summed E-state index contributed by atoms with van der Waals surface area (Å²) in [6, 6.07) is 6.13. The van der Waals surface area contributed by atoms with Crippen LogP contribution in [0.25, 0.3) is 11.4 Å². The Balaban J connectivity index is 1.49. The molecule has 162 valence electrons. The summed E-state index contributed by atoms with van der Waals surface area (Å²) in [5, 5.41) is 3.17. The number of piperidine rings is 1. The molecule has 0 radical (unpaired) electrons. The van der Waals surface area contributed by atoms with Gasteiger partial charge in [0.1, 0.15) is 18.0 Å². The second kappa shape index (κ2) is 8.83. The lowest BCUT2D eigenvalue weighted by Crippen LogP contribution is -2.39. The topological polar surface area (TPSA) is 79.7 Å². The van der Waals surface area contributed by atoms with Gasteiger partial charge in [0.25, 0.3) is 0 Å². The van der Waals surface area contributed by atoms with Crippen LogP contribution in [0.2, 0.25) is 0 Å². The molecule has 0 spiro atoms. The summed E-state index contributed by atoms with van der Waals surface area (Å²) in [5.41, 5.74) is 0.492. The standard InChI is InChI=1S/C21H22F3N7/c1-2-15-11-19(27-13-26-15)31-9-5-16(6-10-31)28-18-12-17(21(22,23)24)29-20(30-18)14-3-7-25-8-4-14/h3-4,7-8,11-13,16H,2,5-6,9-10H2,1H3,(H,28,29,30). The van der Waals surface area contributed by atoms with Crippen molar-refractivity contribution >= 4 is 11.6 Å². The van der Waals surface area contributed by atoms with E-state index in [1.807, 2.05) is 13.0 Å². The van der Waals surface area contributed by atoms with Gasteiger partial charge in [0.05, 0.1) is 0 Å². The molecule has 0 amide bonds. The van der Waals surface area contributed by atoms with Gasteiger partial charge in [-0.05, 0) is 31.4 Å². The van der Waals surface area contributed by atoms with Gasteiger partial charge in [0, 0.05) is 54.9 Å². The van der Waals surface area contributed by atoms with Gasteiger partial charge in [-0.2, -0.15) is 13.2 Å². The summed E-state index contributed by atoms with van der Waals surface area (Å²) in [5.74, 6) is 1.07. The van der Waals surface area contributed by atoms with Crippen LogP contribution in [-0.4, -0.2) is 44.1 Å². The highest BCUT2D eigenvalue weighted by molar-refractivity contribution is 5.57. The molecule has 0 saturated carbocycles. The van der Waals surface area contributed by atoms with Gasteiger partial charge in [0.15, 0.2) is 11.5 Å². The quantitative estimate of drug-likeness (QED) is 0.657. The Bertz CT molecular complexity index is 1020. The van der Waals surface area contributed by atoms with E-state index in [1.165, 1.54) is 12.4 Å². The molecule has 31 heavy (non-hydrogen) atoms. The Kier molecular flexibility index (Phi) is 5.97. The average molecular weight is 429 g/mol. The number of nitrogens with one attached hydrogen (secondary N) is 1. The molecule has 10 heteroatoms. The van der Waals surface area contributed by atoms with Gasteiger partial charge in [0.2, 0.25) is 0 Å². The Labute approximate surface area is 177 Å². The highest BCUT2D eigenvalue weighted by Crippen LogP contribution is 2.31. The van der Waals surface area contributed by atoms with Crippen LogP contribution in [0, 0.1) is 0 Å². The van der Waals surface area contributed by atoms with Crippen LogP contribution in [0.3, 0.4) is 0 Å². The number of halogens is 3. The van der Waals surface area contributed by atoms with Gasteiger partial charge in [-0.15, -0.1) is 0 Å². The van der Waals surface area contributed by atoms with Gasteiger partial charge >= 0.3 is 6.18 Å². The maximum absolute atomic E-state index is 13.4. The number of aryl methyl sites for hydroxylation is 1. The van der Waals surface area contributed by atoms with E-state index in [-0.39, 0.29) is 17.7 Å². The second-order valence-corrected chi connectivity index (χ2v) is 7.32. The first-order valence-electron chi connectivity index (χ1n) is 10.1. The van der Waals surface area contributed by atoms with Crippen molar-refractivity contribution in [2.24, 2.45) is 0 Å². The number of anilines is 2. The first-order valence-corrected chi connectivity index (χ1v) is 10.1. The fourth-order valence-electron chi connectivity index (χ4n) is 3.51. The van der Waals surface area contributed by atoms with E-state index in [9.17, 15) is 13.2 Å². The Morgan fingerprint density at radius 3 is 2.48 bits per heavy atom. The van der Waals surface area contributed by atoms with E-state index < -0.39 is 11.9 Å². The average Bonchev–Trinajstić information content (AvgIpc) is 2.79. The molecule has 7 nitrogen and oxygen atoms in total. The number of hydrogen-bond acceptors (Lipinski definition) is 7. The summed E-state index contributed by atoms with van der Waals surface area (Å²) in [4.78, 5) is 22.7. The van der Waals surface area contributed by atoms with Crippen LogP contribution in [0.4, 0.5) is 24.8 Å². The SMILES string of the molecule is CCc1cc(N2CCC(Nc3cc(C(F)(F)F)nc(-c4ccncc4)n3)CC2)ncn1. The molecule has 0 atom stereocenters. The van der Waals surface area contributed by atoms with Crippen molar-refractivity contribution in [1.29, 1.82) is 0 Å². The zero-order valence-electron chi connectivity index (χ0n) is 17.0. The van der Waals surface area contributed by atoms with Crippen molar-refractivity contribution in [3.63, 3.8) is 0 Å². The van der Waals surface area contributed by atoms with E-state index in [2.05, 4.69) is 35.1 Å². The van der Waals surface area contributed by atoms with Gasteiger partial charge < -0.3 is 10.2 Å². The van der Waals surface area contributed by atoms with Gasteiger partial charge in [-0.25, -0.2) is 19.9 Å². The first kappa shape index (κ1) is 21.0. The van der Waals surface area contributed by atoms with E-state index in [0.29, 0.717) is 5.56 Å². The maximum atomic E-state index is 13.4. The molecule has 0 unspecified atom stereocenters. The number of hydrogen-bond donors (Lipinski definition) is 1. The zero-order valence-corrected chi connectivity index (χ0v) is 17.0. The lowest BCUT2D eigenvalue weighted by Gasteiger charge is -2.33. The molecule has 1 aliphatic heterocycles. The molecule has 3 aromatic rings. The molecule has 1 fully saturated rings. The number of nitrogens with zero attached hydrogens (tertiary/aromatic N) is 6. The third-order valence-electron chi connectivity index (χ3n) is 5.20. The van der Waals surface area contributed by atoms with Crippen LogP contribution in [0.1, 0.15) is 31.2 Å². The van der Waals surface area contributed by atoms with Gasteiger partial charge in [-0.1, -0.05) is 6.92 Å². The van der Waals surface area contributed by atoms with Crippen molar-refractivity contribution in [2.75, 3.05) is 23.3 Å². The summed E-state index contributed by atoms with van der Waals surface area (Å²) in [7, 11) is 0. The summed E-state index contributed by atoms with van der Waals surface area (Å²) in [6.45, 7) is 3.53. The summed E-state index contributed by atoms with van der Waals surface area (Å²) < 4.78 is 40.2. The molecule has 0 aromatic carbocycles. The number of aromatic nitrogens is 5. The minimum absolute atomic E-state index is 0.00464. The molecule has 3 aromatic heterocycles. The van der Waals surface area contributed by atoms with Crippen LogP contribution in [0.15, 0.2) is 43.0 Å². The highest BCUT2D eigenvalue weighted by Gasteiger charge is 2.34. The highest BCUT2D eigenvalue weighted by atomic mass is 19.4. The normalized spacial score (nSPS) is 15.2.